The Balaban J connectivity index is 2.61. The molecule has 94 valence electrons. The van der Waals surface area contributed by atoms with Gasteiger partial charge in [-0.05, 0) is 6.07 Å². The monoisotopic (exact) mass is 262 g/mol. The zero-order valence-corrected chi connectivity index (χ0v) is 11.3. The van der Waals surface area contributed by atoms with Gasteiger partial charge in [0.1, 0.15) is 4.88 Å². The van der Waals surface area contributed by atoms with Crippen molar-refractivity contribution >= 4 is 39.4 Å². The Bertz CT molecular complexity index is 602. The molecule has 2 aromatic rings. The maximum absolute atomic E-state index is 11.7. The summed E-state index contributed by atoms with van der Waals surface area (Å²) >= 11 is 1.40. The molecule has 0 aliphatic rings. The number of thiophene rings is 1. The number of esters is 1. The van der Waals surface area contributed by atoms with Crippen LogP contribution in [0.3, 0.4) is 0 Å². The van der Waals surface area contributed by atoms with Gasteiger partial charge in [0, 0.05) is 24.2 Å². The number of fused-ring (bicyclic) bond motifs is 1. The summed E-state index contributed by atoms with van der Waals surface area (Å²) in [7, 11) is 5.15. The molecule has 0 spiro atoms. The van der Waals surface area contributed by atoms with Crippen LogP contribution in [-0.2, 0) is 4.74 Å². The SMILES string of the molecule is COC(=O)c1sc2ccccc2c1N=CN(C)C. The van der Waals surface area contributed by atoms with E-state index in [1.54, 1.807) is 6.34 Å². The average molecular weight is 262 g/mol. The Morgan fingerprint density at radius 1 is 1.39 bits per heavy atom. The number of hydrogen-bond acceptors (Lipinski definition) is 4. The van der Waals surface area contributed by atoms with Crippen molar-refractivity contribution in [3.05, 3.63) is 29.1 Å². The van der Waals surface area contributed by atoms with E-state index >= 15 is 0 Å². The summed E-state index contributed by atoms with van der Waals surface area (Å²) in [6, 6.07) is 7.81. The smallest absolute Gasteiger partial charge is 0.350 e. The Labute approximate surface area is 110 Å². The fourth-order valence-corrected chi connectivity index (χ4v) is 2.63. The van der Waals surface area contributed by atoms with Gasteiger partial charge >= 0.3 is 5.97 Å². The molecule has 4 nitrogen and oxygen atoms in total. The Kier molecular flexibility index (Phi) is 3.62. The van der Waals surface area contributed by atoms with Crippen LogP contribution in [0.25, 0.3) is 10.1 Å². The summed E-state index contributed by atoms with van der Waals surface area (Å²) in [6.45, 7) is 0. The van der Waals surface area contributed by atoms with Gasteiger partial charge in [-0.25, -0.2) is 9.79 Å². The molecule has 18 heavy (non-hydrogen) atoms. The van der Waals surface area contributed by atoms with Crippen molar-refractivity contribution in [3.8, 4) is 0 Å². The molecule has 1 aromatic heterocycles. The van der Waals surface area contributed by atoms with Gasteiger partial charge in [0.25, 0.3) is 0 Å². The first-order valence-corrected chi connectivity index (χ1v) is 6.25. The number of carbonyl (C=O) groups is 1. The predicted octanol–water partition coefficient (Wildman–Crippen LogP) is 2.91. The van der Waals surface area contributed by atoms with Gasteiger partial charge in [-0.15, -0.1) is 11.3 Å². The van der Waals surface area contributed by atoms with E-state index in [0.717, 1.165) is 10.1 Å². The van der Waals surface area contributed by atoms with Crippen molar-refractivity contribution in [2.75, 3.05) is 21.2 Å². The molecule has 5 heteroatoms. The number of hydrogen-bond donors (Lipinski definition) is 0. The van der Waals surface area contributed by atoms with Crippen LogP contribution in [0.1, 0.15) is 9.67 Å². The van der Waals surface area contributed by atoms with Crippen LogP contribution in [0, 0.1) is 0 Å². The van der Waals surface area contributed by atoms with E-state index in [1.165, 1.54) is 18.4 Å². The molecule has 0 fully saturated rings. The van der Waals surface area contributed by atoms with Crippen molar-refractivity contribution in [1.82, 2.24) is 4.90 Å². The van der Waals surface area contributed by atoms with Crippen LogP contribution < -0.4 is 0 Å². The highest BCUT2D eigenvalue weighted by Gasteiger charge is 2.18. The quantitative estimate of drug-likeness (QED) is 0.485. The maximum Gasteiger partial charge on any atom is 0.350 e. The van der Waals surface area contributed by atoms with Gasteiger partial charge < -0.3 is 9.64 Å². The van der Waals surface area contributed by atoms with Gasteiger partial charge in [-0.1, -0.05) is 18.2 Å². The lowest BCUT2D eigenvalue weighted by Gasteiger charge is -2.03. The van der Waals surface area contributed by atoms with Crippen LogP contribution in [0.15, 0.2) is 29.3 Å². The zero-order valence-electron chi connectivity index (χ0n) is 10.5. The highest BCUT2D eigenvalue weighted by atomic mass is 32.1. The second-order valence-corrected chi connectivity index (χ2v) is 5.03. The highest BCUT2D eigenvalue weighted by Crippen LogP contribution is 2.38. The molecule has 0 saturated carbocycles. The van der Waals surface area contributed by atoms with Crippen LogP contribution in [0.2, 0.25) is 0 Å². The van der Waals surface area contributed by atoms with E-state index in [2.05, 4.69) is 4.99 Å². The predicted molar refractivity (Wildman–Crippen MR) is 75.0 cm³/mol. The molecule has 0 bridgehead atoms. The maximum atomic E-state index is 11.7. The standard InChI is InChI=1S/C13H14N2O2S/c1-15(2)8-14-11-9-6-4-5-7-10(9)18-12(11)13(16)17-3/h4-8H,1-3H3. The lowest BCUT2D eigenvalue weighted by atomic mass is 10.2. The number of ether oxygens (including phenoxy) is 1. The number of benzene rings is 1. The molecule has 0 aliphatic heterocycles. The van der Waals surface area contributed by atoms with Crippen molar-refractivity contribution in [2.24, 2.45) is 4.99 Å². The minimum atomic E-state index is -0.345. The summed E-state index contributed by atoms with van der Waals surface area (Å²) in [6.07, 6.45) is 1.68. The van der Waals surface area contributed by atoms with Crippen molar-refractivity contribution < 1.29 is 9.53 Å². The normalized spacial score (nSPS) is 11.1. The molecule has 0 unspecified atom stereocenters. The van der Waals surface area contributed by atoms with E-state index in [4.69, 9.17) is 4.74 Å². The van der Waals surface area contributed by atoms with E-state index in [9.17, 15) is 4.79 Å². The zero-order chi connectivity index (χ0) is 13.1. The molecule has 1 heterocycles. The van der Waals surface area contributed by atoms with Crippen molar-refractivity contribution in [2.45, 2.75) is 0 Å². The first kappa shape index (κ1) is 12.6. The largest absolute Gasteiger partial charge is 0.465 e. The van der Waals surface area contributed by atoms with Gasteiger partial charge in [-0.2, -0.15) is 0 Å². The number of aliphatic imine (C=N–C) groups is 1. The molecule has 2 rings (SSSR count). The van der Waals surface area contributed by atoms with Crippen LogP contribution in [0.4, 0.5) is 5.69 Å². The first-order chi connectivity index (χ1) is 8.63. The second kappa shape index (κ2) is 5.18. The van der Waals surface area contributed by atoms with Gasteiger partial charge in [0.15, 0.2) is 0 Å². The third kappa shape index (κ3) is 2.36. The third-order valence-electron chi connectivity index (χ3n) is 2.36. The summed E-state index contributed by atoms with van der Waals surface area (Å²) in [5.41, 5.74) is 0.677. The fraction of sp³-hybridized carbons (Fsp3) is 0.231. The van der Waals surface area contributed by atoms with E-state index in [-0.39, 0.29) is 5.97 Å². The molecular formula is C13H14N2O2S. The fourth-order valence-electron chi connectivity index (χ4n) is 1.56. The summed E-state index contributed by atoms with van der Waals surface area (Å²) in [5, 5.41) is 0.973. The van der Waals surface area contributed by atoms with Gasteiger partial charge in [0.2, 0.25) is 0 Å². The summed E-state index contributed by atoms with van der Waals surface area (Å²) < 4.78 is 5.83. The number of methoxy groups -OCH3 is 1. The topological polar surface area (TPSA) is 41.9 Å². The molecule has 1 aromatic carbocycles. The van der Waals surface area contributed by atoms with E-state index in [0.29, 0.717) is 10.6 Å². The molecule has 0 amide bonds. The minimum Gasteiger partial charge on any atom is -0.465 e. The molecule has 0 saturated heterocycles. The number of rotatable bonds is 3. The van der Waals surface area contributed by atoms with Crippen LogP contribution in [-0.4, -0.2) is 38.4 Å². The Morgan fingerprint density at radius 3 is 2.78 bits per heavy atom. The van der Waals surface area contributed by atoms with E-state index < -0.39 is 0 Å². The number of carbonyl (C=O) groups excluding carboxylic acids is 1. The first-order valence-electron chi connectivity index (χ1n) is 5.44. The minimum absolute atomic E-state index is 0.345. The number of nitrogens with zero attached hydrogens (tertiary/aromatic N) is 2. The average Bonchev–Trinajstić information content (AvgIpc) is 2.74. The molecule has 0 N–H and O–H groups in total. The Morgan fingerprint density at radius 2 is 2.11 bits per heavy atom. The second-order valence-electron chi connectivity index (χ2n) is 3.98. The lowest BCUT2D eigenvalue weighted by molar-refractivity contribution is 0.0607. The van der Waals surface area contributed by atoms with Crippen molar-refractivity contribution in [1.29, 1.82) is 0 Å². The summed E-state index contributed by atoms with van der Waals surface area (Å²) in [5.74, 6) is -0.345. The molecule has 0 radical (unpaired) electrons. The highest BCUT2D eigenvalue weighted by molar-refractivity contribution is 7.21. The summed E-state index contributed by atoms with van der Waals surface area (Å²) in [4.78, 5) is 18.5. The Hall–Kier alpha value is -1.88. The van der Waals surface area contributed by atoms with Gasteiger partial charge in [-0.3, -0.25) is 0 Å². The lowest BCUT2D eigenvalue weighted by Crippen LogP contribution is -2.07. The van der Waals surface area contributed by atoms with Crippen LogP contribution >= 0.6 is 11.3 Å². The van der Waals surface area contributed by atoms with Crippen LogP contribution in [0.5, 0.6) is 0 Å². The van der Waals surface area contributed by atoms with Gasteiger partial charge in [0.05, 0.1) is 19.1 Å². The van der Waals surface area contributed by atoms with E-state index in [1.807, 2.05) is 43.3 Å². The molecule has 0 aliphatic carbocycles. The van der Waals surface area contributed by atoms with Crippen molar-refractivity contribution in [3.63, 3.8) is 0 Å². The molecule has 0 atom stereocenters. The third-order valence-corrected chi connectivity index (χ3v) is 3.50. The molecular weight excluding hydrogens is 248 g/mol.